The van der Waals surface area contributed by atoms with Crippen LogP contribution in [-0.4, -0.2) is 403 Å². The van der Waals surface area contributed by atoms with Crippen molar-refractivity contribution in [3.8, 4) is 34.5 Å². The highest BCUT2D eigenvalue weighted by Gasteiger charge is 2.40. The minimum Gasteiger partial charge on any atom is -0.487 e. The maximum atomic E-state index is 15.9. The molecular weight excluding hydrogens is 1720 g/mol. The van der Waals surface area contributed by atoms with Crippen LogP contribution in [0.25, 0.3) is 0 Å². The number of hydrogen-bond donors (Lipinski definition) is 1. The Kier molecular flexibility index (Phi) is 63.6. The summed E-state index contributed by atoms with van der Waals surface area (Å²) < 4.78 is 158. The lowest BCUT2D eigenvalue weighted by Gasteiger charge is -2.33. The van der Waals surface area contributed by atoms with Crippen LogP contribution in [-0.2, 0) is 114 Å². The van der Waals surface area contributed by atoms with Crippen LogP contribution < -0.4 is 33.7 Å². The van der Waals surface area contributed by atoms with Gasteiger partial charge in [0.15, 0.2) is 23.0 Å². The number of hydrogen-bond acceptors (Lipinski definition) is 37. The van der Waals surface area contributed by atoms with Crippen molar-refractivity contribution in [3.05, 3.63) is 105 Å². The van der Waals surface area contributed by atoms with Crippen LogP contribution in [0.4, 0.5) is 0 Å². The molecule has 38 heteroatoms. The molecule has 1 amide bonds. The van der Waals surface area contributed by atoms with Gasteiger partial charge in [0.25, 0.3) is 5.91 Å². The van der Waals surface area contributed by atoms with Gasteiger partial charge in [-0.15, -0.1) is 0 Å². The minimum atomic E-state index is -2.20. The first-order valence-corrected chi connectivity index (χ1v) is 44.4. The van der Waals surface area contributed by atoms with Crippen LogP contribution in [0.15, 0.2) is 60.7 Å². The molecule has 0 spiro atoms. The van der Waals surface area contributed by atoms with Crippen molar-refractivity contribution in [1.82, 2.24) is 20.0 Å². The topological polar surface area (TPSA) is 390 Å². The molecule has 0 atom stereocenters. The van der Waals surface area contributed by atoms with E-state index < -0.39 is 49.2 Å². The molecule has 0 aliphatic carbocycles. The summed E-state index contributed by atoms with van der Waals surface area (Å²) in [4.78, 5) is 103. The lowest BCUT2D eigenvalue weighted by atomic mass is 10.0. The fourth-order valence-corrected chi connectivity index (χ4v) is 11.8. The number of amides is 1. The van der Waals surface area contributed by atoms with Gasteiger partial charge in [0, 0.05) is 46.2 Å². The first-order valence-electron chi connectivity index (χ1n) is 44.4. The number of nitrogens with zero attached hydrogens (tertiary/aromatic N) is 3. The number of esters is 6. The molecule has 4 rings (SSSR count). The Labute approximate surface area is 772 Å². The Morgan fingerprint density at radius 1 is 0.260 bits per heavy atom. The smallest absolute Gasteiger partial charge is 0.338 e. The maximum Gasteiger partial charge on any atom is 0.338 e. The fourth-order valence-electron chi connectivity index (χ4n) is 11.8. The predicted molar refractivity (Wildman–Crippen MR) is 480 cm³/mol. The number of methoxy groups -OCH3 is 3. The van der Waals surface area contributed by atoms with Gasteiger partial charge >= 0.3 is 35.8 Å². The predicted octanol–water partition coefficient (Wildman–Crippen LogP) is 7.03. The molecule has 0 aromatic heterocycles. The Morgan fingerprint density at radius 2 is 0.473 bits per heavy atom. The number of ether oxygens (including phenoxy) is 27. The average molecular weight is 1860 g/mol. The molecule has 131 heavy (non-hydrogen) atoms. The Morgan fingerprint density at radius 3 is 0.718 bits per heavy atom. The maximum absolute atomic E-state index is 15.9. The van der Waals surface area contributed by atoms with E-state index in [1.807, 2.05) is 69.1 Å². The van der Waals surface area contributed by atoms with Gasteiger partial charge in [-0.3, -0.25) is 19.2 Å². The third kappa shape index (κ3) is 55.5. The van der Waals surface area contributed by atoms with Gasteiger partial charge in [-0.1, -0.05) is 34.4 Å². The molecule has 742 valence electrons. The van der Waals surface area contributed by atoms with E-state index in [1.165, 1.54) is 24.3 Å². The highest BCUT2D eigenvalue weighted by atomic mass is 16.6. The summed E-state index contributed by atoms with van der Waals surface area (Å²) in [5, 5.41) is 2.97. The van der Waals surface area contributed by atoms with Crippen LogP contribution in [0, 0.1) is 27.7 Å². The third-order valence-electron chi connectivity index (χ3n) is 18.1. The van der Waals surface area contributed by atoms with E-state index in [0.717, 1.165) is 41.9 Å². The molecular formula is C93H146N4O34. The summed E-state index contributed by atoms with van der Waals surface area (Å²) in [5.41, 5.74) is 0.646. The van der Waals surface area contributed by atoms with E-state index in [9.17, 15) is 24.0 Å². The summed E-state index contributed by atoms with van der Waals surface area (Å²) >= 11 is 0. The highest BCUT2D eigenvalue weighted by Crippen LogP contribution is 2.41. The monoisotopic (exact) mass is 1860 g/mol. The molecule has 0 radical (unpaired) electrons. The van der Waals surface area contributed by atoms with Crippen molar-refractivity contribution in [3.63, 3.8) is 0 Å². The molecule has 0 heterocycles. The average Bonchev–Trinajstić information content (AvgIpc) is 0.811. The van der Waals surface area contributed by atoms with Crippen LogP contribution >= 0.6 is 0 Å². The molecule has 4 aromatic rings. The minimum absolute atomic E-state index is 0.00000795. The summed E-state index contributed by atoms with van der Waals surface area (Å²) in [6, 6.07) is 15.7. The van der Waals surface area contributed by atoms with Crippen molar-refractivity contribution < 1.29 is 161 Å². The summed E-state index contributed by atoms with van der Waals surface area (Å²) in [6.07, 6.45) is 2.80. The van der Waals surface area contributed by atoms with E-state index in [-0.39, 0.29) is 292 Å². The summed E-state index contributed by atoms with van der Waals surface area (Å²) in [5.74, 6) is -4.70. The number of carbonyl (C=O) groups excluding carboxylic acids is 7. The number of rotatable bonds is 83. The van der Waals surface area contributed by atoms with E-state index in [1.54, 1.807) is 73.3 Å². The largest absolute Gasteiger partial charge is 0.487 e. The quantitative estimate of drug-likeness (QED) is 0.0263. The second-order valence-corrected chi connectivity index (χ2v) is 30.6. The zero-order valence-corrected chi connectivity index (χ0v) is 79.4. The molecule has 0 fully saturated rings. The molecule has 0 aliphatic rings. The Bertz CT molecular complexity index is 3560. The summed E-state index contributed by atoms with van der Waals surface area (Å²) in [6.45, 7) is 11.5. The second kappa shape index (κ2) is 72.7. The third-order valence-corrected chi connectivity index (χ3v) is 18.1. The number of nitrogens with one attached hydrogen (secondary N) is 1. The van der Waals surface area contributed by atoms with Crippen molar-refractivity contribution in [2.45, 2.75) is 71.8 Å². The van der Waals surface area contributed by atoms with Gasteiger partial charge in [-0.25, -0.2) is 14.4 Å². The van der Waals surface area contributed by atoms with E-state index in [4.69, 9.17) is 128 Å². The van der Waals surface area contributed by atoms with Gasteiger partial charge in [-0.05, 0) is 157 Å². The lowest BCUT2D eigenvalue weighted by Crippen LogP contribution is -2.59. The zero-order valence-electron chi connectivity index (χ0n) is 79.4. The van der Waals surface area contributed by atoms with Crippen LogP contribution in [0.5, 0.6) is 34.5 Å². The Hall–Kier alpha value is -8.75. The Balaban J connectivity index is 1.88. The van der Waals surface area contributed by atoms with Gasteiger partial charge in [0.1, 0.15) is 84.8 Å². The van der Waals surface area contributed by atoms with Crippen molar-refractivity contribution in [2.24, 2.45) is 0 Å². The van der Waals surface area contributed by atoms with Gasteiger partial charge in [-0.2, -0.15) is 0 Å². The van der Waals surface area contributed by atoms with E-state index in [2.05, 4.69) is 5.32 Å². The number of benzene rings is 4. The zero-order chi connectivity index (χ0) is 95.2. The molecule has 0 unspecified atom stereocenters. The van der Waals surface area contributed by atoms with Gasteiger partial charge < -0.3 is 148 Å². The standard InChI is InChI=1S/C93H146N4O34/c1-72-59-73(2)62-77(61-72)90(102)129-69-93(70-130-91(103)78-63-74(3)60-75(4)64-78,94-89(101)76-65-80(120-50-41-111-32-29-108-26-23-105-11)87(127-57-48-118-34-31-110-28-25-107-13)81(66-76)121-51-42-112-33-30-109-27-24-106-12)71-131-92(104)79-67-82(122-52-43-113-35-37-115-45-54-124-84(98)17-14-20-95(5)6)88(128-58-49-119-40-39-117-47-56-126-86(100)19-16-22-97(9)10)83(68-79)123-53-44-114-36-38-116-46-55-125-85(99)18-15-21-96(7)8/h59-68H,14-58,69-71H2,1-13H3,(H,94,101). The molecule has 38 nitrogen and oxygen atoms in total. The number of carbonyl (C=O) groups is 7. The molecule has 0 saturated carbocycles. The van der Waals surface area contributed by atoms with Crippen molar-refractivity contribution in [2.75, 3.05) is 341 Å². The molecule has 1 N–H and O–H groups in total. The molecule has 4 aromatic carbocycles. The second-order valence-electron chi connectivity index (χ2n) is 30.6. The normalized spacial score (nSPS) is 11.5. The van der Waals surface area contributed by atoms with Gasteiger partial charge in [0.05, 0.1) is 195 Å². The van der Waals surface area contributed by atoms with E-state index >= 15 is 9.59 Å². The fraction of sp³-hybridized carbons (Fsp3) is 0.667. The van der Waals surface area contributed by atoms with Crippen LogP contribution in [0.3, 0.4) is 0 Å². The van der Waals surface area contributed by atoms with Gasteiger partial charge in [0.2, 0.25) is 11.5 Å². The SMILES string of the molecule is COCCOCCOCCOc1cc(C(=O)NC(COC(=O)c2cc(C)cc(C)c2)(COC(=O)c2cc(C)cc(C)c2)COC(=O)c2cc(OCCOCCOCCOC(=O)CCCN(C)C)c(OCCOCCOCCOC(=O)CCCN(C)C)c(OCCOCCOCCOC(=O)CCCN(C)C)c2)cc(OCCOCCOCCOC)c1OCCOCCOCCOC. The first kappa shape index (κ1) is 115. The molecule has 0 aliphatic heterocycles. The highest BCUT2D eigenvalue weighted by molar-refractivity contribution is 5.97. The van der Waals surface area contributed by atoms with Crippen LogP contribution in [0.1, 0.15) is 102 Å². The number of aryl methyl sites for hydroxylation is 4. The van der Waals surface area contributed by atoms with Crippen molar-refractivity contribution >= 4 is 41.7 Å². The molecule has 0 saturated heterocycles. The van der Waals surface area contributed by atoms with Crippen LogP contribution in [0.2, 0.25) is 0 Å². The lowest BCUT2D eigenvalue weighted by molar-refractivity contribution is -0.146. The summed E-state index contributed by atoms with van der Waals surface area (Å²) in [7, 11) is 16.3. The van der Waals surface area contributed by atoms with E-state index in [0.29, 0.717) is 58.9 Å². The molecule has 0 bridgehead atoms. The first-order chi connectivity index (χ1) is 63.4. The van der Waals surface area contributed by atoms with Crippen molar-refractivity contribution in [1.29, 1.82) is 0 Å².